The van der Waals surface area contributed by atoms with Crippen molar-refractivity contribution < 1.29 is 18.3 Å². The predicted molar refractivity (Wildman–Crippen MR) is 105 cm³/mol. The second-order valence-corrected chi connectivity index (χ2v) is 6.98. The minimum absolute atomic E-state index is 0.00562. The first-order valence-corrected chi connectivity index (χ1v) is 9.20. The fraction of sp³-hybridized carbons (Fsp3) is 0.0909. The van der Waals surface area contributed by atoms with Crippen molar-refractivity contribution in [3.8, 4) is 27.7 Å². The molecule has 4 aromatic rings. The van der Waals surface area contributed by atoms with E-state index in [1.54, 1.807) is 25.3 Å². The molecule has 0 fully saturated rings. The molecule has 5 heteroatoms. The topological polar surface area (TPSA) is 18.5 Å². The second-order valence-electron chi connectivity index (χ2n) is 5.93. The van der Waals surface area contributed by atoms with Gasteiger partial charge >= 0.3 is 0 Å². The number of benzene rings is 3. The highest BCUT2D eigenvalue weighted by atomic mass is 32.1. The normalized spacial score (nSPS) is 11.1. The molecule has 0 unspecified atom stereocenters. The van der Waals surface area contributed by atoms with E-state index in [2.05, 4.69) is 0 Å². The van der Waals surface area contributed by atoms with Gasteiger partial charge in [0, 0.05) is 21.2 Å². The van der Waals surface area contributed by atoms with Gasteiger partial charge in [0.15, 0.2) is 5.75 Å². The van der Waals surface area contributed by atoms with Crippen LogP contribution in [0.3, 0.4) is 0 Å². The molecule has 136 valence electrons. The lowest BCUT2D eigenvalue weighted by Gasteiger charge is -2.11. The fourth-order valence-electron chi connectivity index (χ4n) is 2.96. The lowest BCUT2D eigenvalue weighted by Crippen LogP contribution is -1.90. The van der Waals surface area contributed by atoms with E-state index in [0.717, 1.165) is 10.1 Å². The molecule has 0 saturated carbocycles. The fourth-order valence-corrected chi connectivity index (χ4v) is 4.17. The maximum absolute atomic E-state index is 13.6. The summed E-state index contributed by atoms with van der Waals surface area (Å²) in [5, 5.41) is 0.865. The van der Waals surface area contributed by atoms with E-state index in [9.17, 15) is 8.78 Å². The van der Waals surface area contributed by atoms with Gasteiger partial charge in [-0.15, -0.1) is 11.3 Å². The average Bonchev–Trinajstić information content (AvgIpc) is 3.06. The van der Waals surface area contributed by atoms with Gasteiger partial charge in [-0.3, -0.25) is 0 Å². The van der Waals surface area contributed by atoms with Crippen molar-refractivity contribution >= 4 is 21.4 Å². The number of fused-ring (bicyclic) bond motifs is 1. The molecular formula is C22H16F2O2S. The Kier molecular flexibility index (Phi) is 4.77. The van der Waals surface area contributed by atoms with Crippen molar-refractivity contribution in [3.63, 3.8) is 0 Å². The summed E-state index contributed by atoms with van der Waals surface area (Å²) in [4.78, 5) is 0.679. The van der Waals surface area contributed by atoms with Crippen molar-refractivity contribution in [2.45, 2.75) is 6.43 Å². The third-order valence-electron chi connectivity index (χ3n) is 4.26. The summed E-state index contributed by atoms with van der Waals surface area (Å²) in [5.74, 6) is 1.95. The Morgan fingerprint density at radius 2 is 1.59 bits per heavy atom. The third-order valence-corrected chi connectivity index (χ3v) is 5.42. The highest BCUT2D eigenvalue weighted by Crippen LogP contribution is 2.49. The molecule has 0 saturated heterocycles. The van der Waals surface area contributed by atoms with Gasteiger partial charge in [-0.05, 0) is 30.3 Å². The molecular weight excluding hydrogens is 366 g/mol. The van der Waals surface area contributed by atoms with Crippen LogP contribution in [0, 0.1) is 0 Å². The smallest absolute Gasteiger partial charge is 0.264 e. The van der Waals surface area contributed by atoms with Crippen LogP contribution in [-0.4, -0.2) is 7.11 Å². The zero-order chi connectivity index (χ0) is 18.8. The summed E-state index contributed by atoms with van der Waals surface area (Å²) < 4.78 is 39.5. The average molecular weight is 382 g/mol. The van der Waals surface area contributed by atoms with Crippen LogP contribution in [0.5, 0.6) is 17.2 Å². The van der Waals surface area contributed by atoms with Crippen LogP contribution in [-0.2, 0) is 0 Å². The Labute approximate surface area is 159 Å². The molecule has 0 atom stereocenters. The predicted octanol–water partition coefficient (Wildman–Crippen LogP) is 7.31. The van der Waals surface area contributed by atoms with Crippen LogP contribution >= 0.6 is 11.3 Å². The van der Waals surface area contributed by atoms with E-state index >= 15 is 0 Å². The van der Waals surface area contributed by atoms with Crippen LogP contribution < -0.4 is 9.47 Å². The summed E-state index contributed by atoms with van der Waals surface area (Å²) in [6, 6.07) is 21.5. The van der Waals surface area contributed by atoms with E-state index in [0.29, 0.717) is 27.7 Å². The first kappa shape index (κ1) is 17.5. The van der Waals surface area contributed by atoms with E-state index in [-0.39, 0.29) is 5.56 Å². The molecule has 3 aromatic carbocycles. The molecule has 0 spiro atoms. The molecule has 4 rings (SSSR count). The number of methoxy groups -OCH3 is 1. The van der Waals surface area contributed by atoms with Gasteiger partial charge in [0.1, 0.15) is 11.5 Å². The minimum Gasteiger partial charge on any atom is -0.497 e. The number of para-hydroxylation sites is 1. The number of rotatable bonds is 5. The molecule has 0 amide bonds. The Balaban J connectivity index is 1.95. The Morgan fingerprint density at radius 3 is 2.33 bits per heavy atom. The van der Waals surface area contributed by atoms with Crippen LogP contribution in [0.2, 0.25) is 0 Å². The van der Waals surface area contributed by atoms with Gasteiger partial charge in [-0.1, -0.05) is 42.5 Å². The SMILES string of the molecule is COc1ccc2c(Oc3ccccc3)c(-c3ccccc3C(F)F)sc2c1. The van der Waals surface area contributed by atoms with Crippen molar-refractivity contribution in [1.29, 1.82) is 0 Å². The van der Waals surface area contributed by atoms with E-state index in [4.69, 9.17) is 9.47 Å². The van der Waals surface area contributed by atoms with Gasteiger partial charge in [0.2, 0.25) is 0 Å². The van der Waals surface area contributed by atoms with Gasteiger partial charge < -0.3 is 9.47 Å². The molecule has 2 nitrogen and oxygen atoms in total. The summed E-state index contributed by atoms with van der Waals surface area (Å²) in [6.45, 7) is 0. The minimum atomic E-state index is -2.56. The van der Waals surface area contributed by atoms with E-state index in [1.165, 1.54) is 17.4 Å². The third kappa shape index (κ3) is 3.38. The number of alkyl halides is 2. The second kappa shape index (κ2) is 7.37. The van der Waals surface area contributed by atoms with Crippen molar-refractivity contribution in [2.75, 3.05) is 7.11 Å². The first-order chi connectivity index (χ1) is 13.2. The lowest BCUT2D eigenvalue weighted by atomic mass is 10.0. The Morgan fingerprint density at radius 1 is 0.852 bits per heavy atom. The van der Waals surface area contributed by atoms with E-state index in [1.807, 2.05) is 48.5 Å². The molecule has 0 bridgehead atoms. The van der Waals surface area contributed by atoms with Crippen LogP contribution in [0.15, 0.2) is 72.8 Å². The zero-order valence-corrected chi connectivity index (χ0v) is 15.3. The lowest BCUT2D eigenvalue weighted by molar-refractivity contribution is 0.152. The maximum atomic E-state index is 13.6. The number of hydrogen-bond acceptors (Lipinski definition) is 3. The molecule has 0 aliphatic rings. The number of ether oxygens (including phenoxy) is 2. The van der Waals surface area contributed by atoms with E-state index < -0.39 is 6.43 Å². The monoisotopic (exact) mass is 382 g/mol. The molecule has 0 radical (unpaired) electrons. The van der Waals surface area contributed by atoms with Crippen LogP contribution in [0.4, 0.5) is 8.78 Å². The molecule has 1 aromatic heterocycles. The van der Waals surface area contributed by atoms with Crippen LogP contribution in [0.25, 0.3) is 20.5 Å². The van der Waals surface area contributed by atoms with Gasteiger partial charge in [0.25, 0.3) is 6.43 Å². The van der Waals surface area contributed by atoms with Gasteiger partial charge in [-0.25, -0.2) is 8.78 Å². The Hall–Kier alpha value is -2.92. The summed E-state index contributed by atoms with van der Waals surface area (Å²) >= 11 is 1.42. The largest absolute Gasteiger partial charge is 0.497 e. The molecule has 1 heterocycles. The van der Waals surface area contributed by atoms with Crippen LogP contribution in [0.1, 0.15) is 12.0 Å². The Bertz CT molecular complexity index is 1070. The number of hydrogen-bond donors (Lipinski definition) is 0. The van der Waals surface area contributed by atoms with Crippen molar-refractivity contribution in [3.05, 3.63) is 78.4 Å². The highest BCUT2D eigenvalue weighted by molar-refractivity contribution is 7.22. The summed E-state index contributed by atoms with van der Waals surface area (Å²) in [6.07, 6.45) is -2.56. The number of thiophene rings is 1. The van der Waals surface area contributed by atoms with Crippen molar-refractivity contribution in [1.82, 2.24) is 0 Å². The molecule has 0 N–H and O–H groups in total. The van der Waals surface area contributed by atoms with Gasteiger partial charge in [0.05, 0.1) is 12.0 Å². The molecule has 27 heavy (non-hydrogen) atoms. The van der Waals surface area contributed by atoms with Crippen molar-refractivity contribution in [2.24, 2.45) is 0 Å². The quantitative estimate of drug-likeness (QED) is 0.360. The molecule has 0 aliphatic heterocycles. The summed E-state index contributed by atoms with van der Waals surface area (Å²) in [5.41, 5.74) is 0.479. The first-order valence-electron chi connectivity index (χ1n) is 8.38. The zero-order valence-electron chi connectivity index (χ0n) is 14.5. The summed E-state index contributed by atoms with van der Waals surface area (Å²) in [7, 11) is 1.60. The molecule has 0 aliphatic carbocycles. The van der Waals surface area contributed by atoms with Gasteiger partial charge in [-0.2, -0.15) is 0 Å². The highest BCUT2D eigenvalue weighted by Gasteiger charge is 2.22. The maximum Gasteiger partial charge on any atom is 0.264 e. The number of halogens is 2. The standard InChI is InChI=1S/C22H16F2O2S/c1-25-15-11-12-18-19(13-15)27-21(16-9-5-6-10-17(16)22(23)24)20(18)26-14-7-3-2-4-8-14/h2-13,22H,1H3.